The number of aliphatic hydroxyl groups is 1. The highest BCUT2D eigenvalue weighted by Crippen LogP contribution is 2.21. The number of likely N-dealkylation sites (tertiary alicyclic amines) is 1. The number of nitrogens with two attached hydrogens (primary N) is 1. The summed E-state index contributed by atoms with van der Waals surface area (Å²) in [6.07, 6.45) is 2.69. The van der Waals surface area contributed by atoms with Crippen LogP contribution in [-0.4, -0.2) is 41.8 Å². The lowest BCUT2D eigenvalue weighted by Gasteiger charge is -2.37. The number of hydrogen-bond donors (Lipinski definition) is 2. The van der Waals surface area contributed by atoms with E-state index in [9.17, 15) is 5.11 Å². The van der Waals surface area contributed by atoms with Crippen LogP contribution < -0.4 is 5.73 Å². The van der Waals surface area contributed by atoms with Crippen LogP contribution in [0.3, 0.4) is 0 Å². The number of piperidine rings is 1. The topological polar surface area (TPSA) is 49.5 Å². The maximum Gasteiger partial charge on any atom is 0.0793 e. The molecule has 0 atom stereocenters. The van der Waals surface area contributed by atoms with Crippen molar-refractivity contribution in [2.24, 2.45) is 5.73 Å². The zero-order chi connectivity index (χ0) is 13.0. The Hall–Kier alpha value is -0.900. The second-order valence-corrected chi connectivity index (χ2v) is 5.51. The van der Waals surface area contributed by atoms with Crippen LogP contribution in [-0.2, 0) is 6.42 Å². The Balaban J connectivity index is 1.79. The van der Waals surface area contributed by atoms with Crippen molar-refractivity contribution in [1.29, 1.82) is 0 Å². The van der Waals surface area contributed by atoms with Crippen LogP contribution in [0.5, 0.6) is 0 Å². The van der Waals surface area contributed by atoms with Gasteiger partial charge in [-0.15, -0.1) is 0 Å². The maximum absolute atomic E-state index is 10.1. The molecule has 100 valence electrons. The van der Waals surface area contributed by atoms with E-state index in [0.717, 1.165) is 38.9 Å². The molecule has 1 fully saturated rings. The highest BCUT2D eigenvalue weighted by Gasteiger charge is 2.30. The third kappa shape index (κ3) is 3.55. The van der Waals surface area contributed by atoms with Crippen LogP contribution in [0.25, 0.3) is 0 Å². The van der Waals surface area contributed by atoms with Crippen LogP contribution in [0.15, 0.2) is 24.3 Å². The Kier molecular flexibility index (Phi) is 4.38. The molecule has 3 nitrogen and oxygen atoms in total. The van der Waals surface area contributed by atoms with Gasteiger partial charge in [0.15, 0.2) is 0 Å². The van der Waals surface area contributed by atoms with Crippen molar-refractivity contribution in [3.05, 3.63) is 35.4 Å². The molecule has 0 bridgehead atoms. The number of rotatable bonds is 4. The highest BCUT2D eigenvalue weighted by atomic mass is 16.3. The molecule has 0 radical (unpaired) electrons. The third-order valence-corrected chi connectivity index (χ3v) is 3.97. The van der Waals surface area contributed by atoms with Crippen molar-refractivity contribution in [3.63, 3.8) is 0 Å². The smallest absolute Gasteiger partial charge is 0.0793 e. The van der Waals surface area contributed by atoms with Crippen molar-refractivity contribution in [1.82, 2.24) is 4.90 Å². The van der Waals surface area contributed by atoms with E-state index in [2.05, 4.69) is 36.1 Å². The largest absolute Gasteiger partial charge is 0.388 e. The summed E-state index contributed by atoms with van der Waals surface area (Å²) in [5, 5.41) is 10.1. The zero-order valence-electron chi connectivity index (χ0n) is 11.2. The molecule has 0 aliphatic carbocycles. The number of nitrogens with zero attached hydrogens (tertiary/aromatic N) is 1. The van der Waals surface area contributed by atoms with E-state index >= 15 is 0 Å². The van der Waals surface area contributed by atoms with E-state index < -0.39 is 5.60 Å². The second-order valence-electron chi connectivity index (χ2n) is 5.51. The summed E-state index contributed by atoms with van der Waals surface area (Å²) in [7, 11) is 0. The first-order chi connectivity index (χ1) is 8.61. The molecule has 0 amide bonds. The van der Waals surface area contributed by atoms with E-state index in [4.69, 9.17) is 5.73 Å². The van der Waals surface area contributed by atoms with Gasteiger partial charge in [0.05, 0.1) is 5.60 Å². The van der Waals surface area contributed by atoms with E-state index in [1.807, 2.05) is 0 Å². The molecule has 1 aliphatic rings. The standard InChI is InChI=1S/C15H24N2O/c1-13-3-2-4-14(11-13)5-8-17-9-6-15(18,12-16)7-10-17/h2-4,11,18H,5-10,12,16H2,1H3. The van der Waals surface area contributed by atoms with E-state index in [0.29, 0.717) is 6.54 Å². The van der Waals surface area contributed by atoms with E-state index in [-0.39, 0.29) is 0 Å². The highest BCUT2D eigenvalue weighted by molar-refractivity contribution is 5.22. The lowest BCUT2D eigenvalue weighted by atomic mass is 9.91. The summed E-state index contributed by atoms with van der Waals surface area (Å²) >= 11 is 0. The first-order valence-electron chi connectivity index (χ1n) is 6.82. The number of hydrogen-bond acceptors (Lipinski definition) is 3. The van der Waals surface area contributed by atoms with Gasteiger partial charge in [-0.3, -0.25) is 0 Å². The summed E-state index contributed by atoms with van der Waals surface area (Å²) in [4.78, 5) is 2.42. The summed E-state index contributed by atoms with van der Waals surface area (Å²) in [5.41, 5.74) is 7.71. The van der Waals surface area contributed by atoms with Crippen molar-refractivity contribution in [2.75, 3.05) is 26.2 Å². The van der Waals surface area contributed by atoms with Gasteiger partial charge >= 0.3 is 0 Å². The molecule has 18 heavy (non-hydrogen) atoms. The predicted molar refractivity (Wildman–Crippen MR) is 74.6 cm³/mol. The van der Waals surface area contributed by atoms with Crippen LogP contribution in [0, 0.1) is 6.92 Å². The molecule has 3 N–H and O–H groups in total. The fraction of sp³-hybridized carbons (Fsp3) is 0.600. The summed E-state index contributed by atoms with van der Waals surface area (Å²) in [6, 6.07) is 8.69. The Morgan fingerprint density at radius 3 is 2.67 bits per heavy atom. The predicted octanol–water partition coefficient (Wildman–Crippen LogP) is 1.32. The van der Waals surface area contributed by atoms with E-state index in [1.54, 1.807) is 0 Å². The van der Waals surface area contributed by atoms with Gasteiger partial charge in [0, 0.05) is 26.2 Å². The van der Waals surface area contributed by atoms with Gasteiger partial charge < -0.3 is 15.7 Å². The molecule has 1 saturated heterocycles. The lowest BCUT2D eigenvalue weighted by molar-refractivity contribution is -0.0130. The van der Waals surface area contributed by atoms with Gasteiger partial charge in [0.1, 0.15) is 0 Å². The second kappa shape index (κ2) is 5.83. The van der Waals surface area contributed by atoms with Crippen LogP contribution in [0.1, 0.15) is 24.0 Å². The molecular weight excluding hydrogens is 224 g/mol. The molecule has 2 rings (SSSR count). The fourth-order valence-electron chi connectivity index (χ4n) is 2.55. The lowest BCUT2D eigenvalue weighted by Crippen LogP contribution is -2.49. The van der Waals surface area contributed by atoms with Crippen molar-refractivity contribution < 1.29 is 5.11 Å². The monoisotopic (exact) mass is 248 g/mol. The molecule has 0 spiro atoms. The van der Waals surface area contributed by atoms with Gasteiger partial charge in [-0.1, -0.05) is 29.8 Å². The fourth-order valence-corrected chi connectivity index (χ4v) is 2.55. The normalized spacial score (nSPS) is 19.9. The first-order valence-corrected chi connectivity index (χ1v) is 6.82. The minimum atomic E-state index is -0.611. The molecule has 3 heteroatoms. The average Bonchev–Trinajstić information content (AvgIpc) is 2.38. The molecule has 0 saturated carbocycles. The van der Waals surface area contributed by atoms with Crippen LogP contribution in [0.4, 0.5) is 0 Å². The van der Waals surface area contributed by atoms with Crippen molar-refractivity contribution in [2.45, 2.75) is 31.8 Å². The first kappa shape index (κ1) is 13.5. The molecule has 1 aliphatic heterocycles. The maximum atomic E-state index is 10.1. The Morgan fingerprint density at radius 1 is 1.33 bits per heavy atom. The van der Waals surface area contributed by atoms with Gasteiger partial charge in [-0.25, -0.2) is 0 Å². The summed E-state index contributed by atoms with van der Waals surface area (Å²) < 4.78 is 0. The van der Waals surface area contributed by atoms with Crippen molar-refractivity contribution >= 4 is 0 Å². The van der Waals surface area contributed by atoms with Gasteiger partial charge in [0.2, 0.25) is 0 Å². The molecule has 1 aromatic carbocycles. The minimum Gasteiger partial charge on any atom is -0.388 e. The number of aryl methyl sites for hydroxylation is 1. The van der Waals surface area contributed by atoms with Crippen LogP contribution in [0.2, 0.25) is 0 Å². The Morgan fingerprint density at radius 2 is 2.06 bits per heavy atom. The molecule has 0 unspecified atom stereocenters. The minimum absolute atomic E-state index is 0.388. The quantitative estimate of drug-likeness (QED) is 0.845. The van der Waals surface area contributed by atoms with Gasteiger partial charge in [-0.05, 0) is 31.7 Å². The molecular formula is C15H24N2O. The van der Waals surface area contributed by atoms with Gasteiger partial charge in [0.25, 0.3) is 0 Å². The average molecular weight is 248 g/mol. The number of benzene rings is 1. The Bertz CT molecular complexity index is 384. The van der Waals surface area contributed by atoms with Crippen molar-refractivity contribution in [3.8, 4) is 0 Å². The third-order valence-electron chi connectivity index (χ3n) is 3.97. The molecule has 1 heterocycles. The molecule has 0 aromatic heterocycles. The molecule has 1 aromatic rings. The summed E-state index contributed by atoms with van der Waals surface area (Å²) in [5.74, 6) is 0. The summed E-state index contributed by atoms with van der Waals surface area (Å²) in [6.45, 7) is 5.51. The van der Waals surface area contributed by atoms with Gasteiger partial charge in [-0.2, -0.15) is 0 Å². The SMILES string of the molecule is Cc1cccc(CCN2CCC(O)(CN)CC2)c1. The van der Waals surface area contributed by atoms with Crippen LogP contribution >= 0.6 is 0 Å². The zero-order valence-corrected chi connectivity index (χ0v) is 11.2. The Labute approximate surface area is 110 Å². The van der Waals surface area contributed by atoms with E-state index in [1.165, 1.54) is 11.1 Å².